The lowest BCUT2D eigenvalue weighted by Gasteiger charge is -2.33. The molecular formula is C20H25N3O2. The molecule has 0 bridgehead atoms. The van der Waals surface area contributed by atoms with E-state index in [2.05, 4.69) is 0 Å². The minimum Gasteiger partial charge on any atom is -0.343 e. The van der Waals surface area contributed by atoms with Crippen LogP contribution in [0, 0.1) is 0 Å². The predicted octanol–water partition coefficient (Wildman–Crippen LogP) is 2.18. The average molecular weight is 339 g/mol. The summed E-state index contributed by atoms with van der Waals surface area (Å²) in [5.74, 6) is 0.458. The van der Waals surface area contributed by atoms with Crippen molar-refractivity contribution >= 4 is 5.91 Å². The molecule has 5 heteroatoms. The first kappa shape index (κ1) is 17.4. The molecule has 0 aliphatic carbocycles. The van der Waals surface area contributed by atoms with Crippen molar-refractivity contribution in [1.82, 2.24) is 9.47 Å². The first-order valence-corrected chi connectivity index (χ1v) is 8.79. The van der Waals surface area contributed by atoms with Gasteiger partial charge in [0, 0.05) is 44.9 Å². The lowest BCUT2D eigenvalue weighted by atomic mass is 9.89. The number of carbonyl (C=O) groups is 1. The lowest BCUT2D eigenvalue weighted by molar-refractivity contribution is -0.132. The average Bonchev–Trinajstić information content (AvgIpc) is 2.65. The third-order valence-corrected chi connectivity index (χ3v) is 5.07. The molecule has 25 heavy (non-hydrogen) atoms. The number of benzene rings is 1. The van der Waals surface area contributed by atoms with Gasteiger partial charge in [-0.3, -0.25) is 9.59 Å². The van der Waals surface area contributed by atoms with Crippen molar-refractivity contribution in [2.45, 2.75) is 31.2 Å². The van der Waals surface area contributed by atoms with Crippen LogP contribution < -0.4 is 11.3 Å². The van der Waals surface area contributed by atoms with Gasteiger partial charge in [0.05, 0.1) is 0 Å². The molecule has 5 nitrogen and oxygen atoms in total. The molecule has 132 valence electrons. The molecule has 1 saturated heterocycles. The quantitative estimate of drug-likeness (QED) is 0.928. The Morgan fingerprint density at radius 3 is 2.52 bits per heavy atom. The Morgan fingerprint density at radius 2 is 1.88 bits per heavy atom. The molecule has 2 aromatic rings. The van der Waals surface area contributed by atoms with E-state index in [1.54, 1.807) is 17.7 Å². The van der Waals surface area contributed by atoms with E-state index in [0.717, 1.165) is 37.1 Å². The molecule has 0 saturated carbocycles. The molecule has 1 aliphatic rings. The summed E-state index contributed by atoms with van der Waals surface area (Å²) in [6.07, 6.45) is 3.92. The highest BCUT2D eigenvalue weighted by atomic mass is 16.2. The highest BCUT2D eigenvalue weighted by Gasteiger charge is 2.25. The van der Waals surface area contributed by atoms with Gasteiger partial charge in [0.25, 0.3) is 5.56 Å². The third kappa shape index (κ3) is 4.17. The van der Waals surface area contributed by atoms with Crippen molar-refractivity contribution < 1.29 is 4.79 Å². The summed E-state index contributed by atoms with van der Waals surface area (Å²) in [6, 6.07) is 13.2. The summed E-state index contributed by atoms with van der Waals surface area (Å²) in [7, 11) is 1.75. The van der Waals surface area contributed by atoms with Gasteiger partial charge in [-0.1, -0.05) is 30.3 Å². The van der Waals surface area contributed by atoms with Crippen molar-refractivity contribution in [1.29, 1.82) is 0 Å². The summed E-state index contributed by atoms with van der Waals surface area (Å²) in [4.78, 5) is 26.2. The van der Waals surface area contributed by atoms with Crippen LogP contribution in [0.15, 0.2) is 53.5 Å². The number of amides is 1. The van der Waals surface area contributed by atoms with Crippen LogP contribution in [0.5, 0.6) is 0 Å². The molecule has 1 amide bonds. The van der Waals surface area contributed by atoms with Gasteiger partial charge in [0.2, 0.25) is 5.91 Å². The molecule has 3 rings (SSSR count). The first-order valence-electron chi connectivity index (χ1n) is 8.79. The molecule has 1 unspecified atom stereocenters. The molecular weight excluding hydrogens is 314 g/mol. The van der Waals surface area contributed by atoms with Gasteiger partial charge >= 0.3 is 0 Å². The Bertz CT molecular complexity index is 777. The molecule has 2 heterocycles. The van der Waals surface area contributed by atoms with Crippen LogP contribution in [0.2, 0.25) is 0 Å². The Labute approximate surface area is 148 Å². The second kappa shape index (κ2) is 7.66. The van der Waals surface area contributed by atoms with Gasteiger partial charge < -0.3 is 15.2 Å². The number of pyridine rings is 1. The SMILES string of the molecule is Cn1ccc(C2CCN(C(=O)CC(N)c3ccccc3)CC2)cc1=O. The smallest absolute Gasteiger partial charge is 0.250 e. The maximum absolute atomic E-state index is 12.5. The summed E-state index contributed by atoms with van der Waals surface area (Å²) in [5.41, 5.74) is 8.26. The maximum Gasteiger partial charge on any atom is 0.250 e. The normalized spacial score (nSPS) is 16.6. The number of piperidine rings is 1. The van der Waals surface area contributed by atoms with Crippen molar-refractivity contribution in [3.05, 3.63) is 70.1 Å². The van der Waals surface area contributed by atoms with E-state index in [1.807, 2.05) is 47.5 Å². The van der Waals surface area contributed by atoms with E-state index in [4.69, 9.17) is 5.73 Å². The number of aromatic nitrogens is 1. The van der Waals surface area contributed by atoms with E-state index in [1.165, 1.54) is 0 Å². The molecule has 1 fully saturated rings. The van der Waals surface area contributed by atoms with Crippen LogP contribution in [0.3, 0.4) is 0 Å². The van der Waals surface area contributed by atoms with Crippen molar-refractivity contribution in [3.8, 4) is 0 Å². The van der Waals surface area contributed by atoms with Crippen molar-refractivity contribution in [2.24, 2.45) is 12.8 Å². The molecule has 1 aromatic carbocycles. The molecule has 1 aliphatic heterocycles. The van der Waals surface area contributed by atoms with Crippen molar-refractivity contribution in [2.75, 3.05) is 13.1 Å². The predicted molar refractivity (Wildman–Crippen MR) is 98.2 cm³/mol. The number of rotatable bonds is 4. The van der Waals surface area contributed by atoms with E-state index in [0.29, 0.717) is 12.3 Å². The summed E-state index contributed by atoms with van der Waals surface area (Å²) < 4.78 is 1.58. The summed E-state index contributed by atoms with van der Waals surface area (Å²) in [6.45, 7) is 1.44. The Morgan fingerprint density at radius 1 is 1.20 bits per heavy atom. The number of hydrogen-bond acceptors (Lipinski definition) is 3. The Balaban J connectivity index is 1.55. The van der Waals surface area contributed by atoms with E-state index in [-0.39, 0.29) is 17.5 Å². The first-order chi connectivity index (χ1) is 12.0. The number of nitrogens with zero attached hydrogens (tertiary/aromatic N) is 2. The minimum absolute atomic E-state index is 0.0184. The number of hydrogen-bond donors (Lipinski definition) is 1. The molecule has 0 radical (unpaired) electrons. The second-order valence-electron chi connectivity index (χ2n) is 6.79. The van der Waals surface area contributed by atoms with Crippen LogP contribution in [0.25, 0.3) is 0 Å². The molecule has 1 aromatic heterocycles. The fourth-order valence-corrected chi connectivity index (χ4v) is 3.42. The minimum atomic E-state index is -0.261. The largest absolute Gasteiger partial charge is 0.343 e. The molecule has 0 spiro atoms. The second-order valence-corrected chi connectivity index (χ2v) is 6.79. The highest BCUT2D eigenvalue weighted by molar-refractivity contribution is 5.77. The fraction of sp³-hybridized carbons (Fsp3) is 0.400. The van der Waals surface area contributed by atoms with Gasteiger partial charge in [-0.25, -0.2) is 0 Å². The topological polar surface area (TPSA) is 68.3 Å². The van der Waals surface area contributed by atoms with Crippen LogP contribution in [-0.4, -0.2) is 28.5 Å². The Kier molecular flexibility index (Phi) is 5.34. The van der Waals surface area contributed by atoms with Crippen molar-refractivity contribution in [3.63, 3.8) is 0 Å². The molecule has 1 atom stereocenters. The lowest BCUT2D eigenvalue weighted by Crippen LogP contribution is -2.39. The van der Waals surface area contributed by atoms with Crippen LogP contribution in [-0.2, 0) is 11.8 Å². The van der Waals surface area contributed by atoms with E-state index >= 15 is 0 Å². The van der Waals surface area contributed by atoms with Gasteiger partial charge in [0.15, 0.2) is 0 Å². The van der Waals surface area contributed by atoms with Crippen LogP contribution in [0.1, 0.15) is 42.3 Å². The van der Waals surface area contributed by atoms with E-state index < -0.39 is 0 Å². The number of carbonyl (C=O) groups excluding carboxylic acids is 1. The number of likely N-dealkylation sites (tertiary alicyclic amines) is 1. The van der Waals surface area contributed by atoms with E-state index in [9.17, 15) is 9.59 Å². The fourth-order valence-electron chi connectivity index (χ4n) is 3.42. The third-order valence-electron chi connectivity index (χ3n) is 5.07. The zero-order valence-electron chi connectivity index (χ0n) is 14.6. The zero-order valence-corrected chi connectivity index (χ0v) is 14.6. The van der Waals surface area contributed by atoms with Gasteiger partial charge in [-0.15, -0.1) is 0 Å². The van der Waals surface area contributed by atoms with Crippen LogP contribution >= 0.6 is 0 Å². The monoisotopic (exact) mass is 339 g/mol. The van der Waals surface area contributed by atoms with Gasteiger partial charge in [-0.05, 0) is 36.0 Å². The summed E-state index contributed by atoms with van der Waals surface area (Å²) >= 11 is 0. The molecule has 2 N–H and O–H groups in total. The maximum atomic E-state index is 12.5. The van der Waals surface area contributed by atoms with Gasteiger partial charge in [-0.2, -0.15) is 0 Å². The zero-order chi connectivity index (χ0) is 17.8. The number of aryl methyl sites for hydroxylation is 1. The van der Waals surface area contributed by atoms with Gasteiger partial charge in [0.1, 0.15) is 0 Å². The number of nitrogens with two attached hydrogens (primary N) is 1. The highest BCUT2D eigenvalue weighted by Crippen LogP contribution is 2.28. The van der Waals surface area contributed by atoms with Crippen LogP contribution in [0.4, 0.5) is 0 Å². The Hall–Kier alpha value is -2.40. The summed E-state index contributed by atoms with van der Waals surface area (Å²) in [5, 5.41) is 0. The standard InChI is InChI=1S/C20H25N3O2/c1-22-10-7-17(13-19(22)24)15-8-11-23(12-9-15)20(25)14-18(21)16-5-3-2-4-6-16/h2-7,10,13,15,18H,8-9,11-12,14,21H2,1H3.